The molecular weight excluding hydrogens is 369 g/mol. The van der Waals surface area contributed by atoms with Crippen LogP contribution in [0.4, 0.5) is 0 Å². The van der Waals surface area contributed by atoms with Crippen molar-refractivity contribution in [1.82, 2.24) is 5.32 Å². The van der Waals surface area contributed by atoms with Gasteiger partial charge in [0.2, 0.25) is 0 Å². The van der Waals surface area contributed by atoms with Crippen molar-refractivity contribution in [1.29, 1.82) is 0 Å². The van der Waals surface area contributed by atoms with E-state index >= 15 is 0 Å². The fraction of sp³-hybridized carbons (Fsp3) is 0.857. The molecule has 0 aliphatic rings. The summed E-state index contributed by atoms with van der Waals surface area (Å²) < 4.78 is 4.58. The predicted molar refractivity (Wildman–Crippen MR) is 94.5 cm³/mol. The Balaban J connectivity index is 0. The number of ether oxygens (including phenoxy) is 1. The second kappa shape index (κ2) is 16.5. The molecule has 20 heavy (non-hydrogen) atoms. The lowest BCUT2D eigenvalue weighted by Crippen LogP contribution is -2.32. The highest BCUT2D eigenvalue weighted by Gasteiger charge is 1.98. The van der Waals surface area contributed by atoms with Crippen LogP contribution in [0.2, 0.25) is 0 Å². The molecule has 0 aromatic heterocycles. The minimum atomic E-state index is -0.115. The average molecular weight is 399 g/mol. The first-order valence-electron chi connectivity index (χ1n) is 7.31. The van der Waals surface area contributed by atoms with Crippen molar-refractivity contribution in [2.24, 2.45) is 10.7 Å². The number of esters is 1. The van der Waals surface area contributed by atoms with Crippen molar-refractivity contribution in [3.63, 3.8) is 0 Å². The molecule has 0 aromatic carbocycles. The van der Waals surface area contributed by atoms with Crippen molar-refractivity contribution in [3.05, 3.63) is 0 Å². The molecule has 0 spiro atoms. The van der Waals surface area contributed by atoms with E-state index in [1.54, 1.807) is 0 Å². The number of rotatable bonds is 11. The minimum Gasteiger partial charge on any atom is -0.469 e. The van der Waals surface area contributed by atoms with Crippen molar-refractivity contribution in [3.8, 4) is 0 Å². The van der Waals surface area contributed by atoms with Crippen LogP contribution in [0.15, 0.2) is 4.99 Å². The molecule has 0 aliphatic carbocycles. The summed E-state index contributed by atoms with van der Waals surface area (Å²) in [6, 6.07) is 0. The molecule has 120 valence electrons. The normalized spacial score (nSPS) is 10.8. The van der Waals surface area contributed by atoms with Crippen molar-refractivity contribution >= 4 is 35.9 Å². The van der Waals surface area contributed by atoms with Gasteiger partial charge < -0.3 is 15.8 Å². The Morgan fingerprint density at radius 2 is 1.80 bits per heavy atom. The van der Waals surface area contributed by atoms with Gasteiger partial charge in [0, 0.05) is 19.5 Å². The van der Waals surface area contributed by atoms with Gasteiger partial charge in [-0.25, -0.2) is 0 Å². The van der Waals surface area contributed by atoms with E-state index in [9.17, 15) is 4.79 Å². The number of hydrogen-bond acceptors (Lipinski definition) is 3. The predicted octanol–water partition coefficient (Wildman–Crippen LogP) is 2.82. The maximum Gasteiger partial charge on any atom is 0.305 e. The number of nitrogens with one attached hydrogen (secondary N) is 1. The lowest BCUT2D eigenvalue weighted by molar-refractivity contribution is -0.140. The van der Waals surface area contributed by atoms with Gasteiger partial charge in [-0.2, -0.15) is 0 Å². The quantitative estimate of drug-likeness (QED) is 0.184. The molecule has 3 N–H and O–H groups in total. The Labute approximate surface area is 140 Å². The number of methoxy groups -OCH3 is 1. The second-order valence-corrected chi connectivity index (χ2v) is 4.64. The summed E-state index contributed by atoms with van der Waals surface area (Å²) >= 11 is 0. The Kier molecular flexibility index (Phi) is 18.0. The number of guanidine groups is 1. The highest BCUT2D eigenvalue weighted by Crippen LogP contribution is 2.05. The molecule has 0 amide bonds. The van der Waals surface area contributed by atoms with Gasteiger partial charge in [-0.1, -0.05) is 32.6 Å². The Morgan fingerprint density at radius 1 is 1.15 bits per heavy atom. The number of unbranched alkanes of at least 4 members (excludes halogenated alkanes) is 5. The smallest absolute Gasteiger partial charge is 0.305 e. The highest BCUT2D eigenvalue weighted by atomic mass is 127. The minimum absolute atomic E-state index is 0. The summed E-state index contributed by atoms with van der Waals surface area (Å²) in [5.74, 6) is 0.440. The molecule has 0 unspecified atom stereocenters. The lowest BCUT2D eigenvalue weighted by atomic mass is 10.1. The lowest BCUT2D eigenvalue weighted by Gasteiger charge is -2.04. The number of carbonyl (C=O) groups is 1. The van der Waals surface area contributed by atoms with E-state index < -0.39 is 0 Å². The zero-order chi connectivity index (χ0) is 14.3. The van der Waals surface area contributed by atoms with Gasteiger partial charge in [0.25, 0.3) is 0 Å². The first-order valence-corrected chi connectivity index (χ1v) is 7.31. The van der Waals surface area contributed by atoms with Gasteiger partial charge in [-0.3, -0.25) is 9.79 Å². The number of nitrogens with zero attached hydrogens (tertiary/aromatic N) is 1. The van der Waals surface area contributed by atoms with Gasteiger partial charge in [0.05, 0.1) is 7.11 Å². The Hall–Kier alpha value is -0.530. The summed E-state index contributed by atoms with van der Waals surface area (Å²) in [6.07, 6.45) is 8.11. The molecular formula is C14H30IN3O2. The van der Waals surface area contributed by atoms with Crippen LogP contribution in [-0.2, 0) is 9.53 Å². The number of nitrogens with two attached hydrogens (primary N) is 1. The van der Waals surface area contributed by atoms with E-state index in [0.29, 0.717) is 12.4 Å². The zero-order valence-electron chi connectivity index (χ0n) is 12.8. The fourth-order valence-electron chi connectivity index (χ4n) is 1.66. The standard InChI is InChI=1S/C14H29N3O2.HI/c1-3-4-11-16-14(15)17-12-9-7-5-6-8-10-13(18)19-2;/h3-12H2,1-2H3,(H3,15,16,17);1H. The van der Waals surface area contributed by atoms with E-state index in [2.05, 4.69) is 22.0 Å². The second-order valence-electron chi connectivity index (χ2n) is 4.64. The monoisotopic (exact) mass is 399 g/mol. The van der Waals surface area contributed by atoms with Gasteiger partial charge in [-0.15, -0.1) is 24.0 Å². The first kappa shape index (κ1) is 21.8. The molecule has 0 saturated carbocycles. The van der Waals surface area contributed by atoms with Crippen LogP contribution in [0.1, 0.15) is 58.3 Å². The SMILES string of the molecule is CCCCNC(N)=NCCCCCCCC(=O)OC.I. The highest BCUT2D eigenvalue weighted by molar-refractivity contribution is 14.0. The van der Waals surface area contributed by atoms with Crippen LogP contribution in [0.25, 0.3) is 0 Å². The van der Waals surface area contributed by atoms with E-state index in [1.165, 1.54) is 7.11 Å². The Morgan fingerprint density at radius 3 is 2.45 bits per heavy atom. The summed E-state index contributed by atoms with van der Waals surface area (Å²) in [5.41, 5.74) is 5.71. The molecule has 6 heteroatoms. The van der Waals surface area contributed by atoms with Crippen LogP contribution in [0, 0.1) is 0 Å². The zero-order valence-corrected chi connectivity index (χ0v) is 15.2. The van der Waals surface area contributed by atoms with E-state index in [1.807, 2.05) is 0 Å². The van der Waals surface area contributed by atoms with Crippen molar-refractivity contribution in [2.45, 2.75) is 58.3 Å². The average Bonchev–Trinajstić information content (AvgIpc) is 2.41. The molecule has 0 aromatic rings. The molecule has 0 aliphatic heterocycles. The number of halogens is 1. The molecule has 0 heterocycles. The van der Waals surface area contributed by atoms with Crippen molar-refractivity contribution < 1.29 is 9.53 Å². The molecule has 0 atom stereocenters. The largest absolute Gasteiger partial charge is 0.469 e. The molecule has 0 saturated heterocycles. The molecule has 0 fully saturated rings. The Bertz CT molecular complexity index is 261. The maximum absolute atomic E-state index is 10.9. The van der Waals surface area contributed by atoms with Crippen LogP contribution in [-0.4, -0.2) is 32.1 Å². The fourth-order valence-corrected chi connectivity index (χ4v) is 1.66. The summed E-state index contributed by atoms with van der Waals surface area (Å²) in [5, 5.41) is 3.09. The molecule has 5 nitrogen and oxygen atoms in total. The van der Waals surface area contributed by atoms with Crippen LogP contribution in [0.5, 0.6) is 0 Å². The number of hydrogen-bond donors (Lipinski definition) is 2. The van der Waals surface area contributed by atoms with Gasteiger partial charge in [0.15, 0.2) is 5.96 Å². The van der Waals surface area contributed by atoms with Crippen molar-refractivity contribution in [2.75, 3.05) is 20.2 Å². The van der Waals surface area contributed by atoms with Gasteiger partial charge in [0.1, 0.15) is 0 Å². The van der Waals surface area contributed by atoms with E-state index in [0.717, 1.165) is 58.0 Å². The van der Waals surface area contributed by atoms with E-state index in [-0.39, 0.29) is 29.9 Å². The first-order chi connectivity index (χ1) is 9.20. The van der Waals surface area contributed by atoms with Gasteiger partial charge in [-0.05, 0) is 19.3 Å². The third kappa shape index (κ3) is 15.5. The maximum atomic E-state index is 10.9. The molecule has 0 bridgehead atoms. The van der Waals surface area contributed by atoms with Crippen LogP contribution in [0.3, 0.4) is 0 Å². The molecule has 0 rings (SSSR count). The topological polar surface area (TPSA) is 76.7 Å². The number of aliphatic imine (C=N–C) groups is 1. The summed E-state index contributed by atoms with van der Waals surface area (Å²) in [7, 11) is 1.43. The van der Waals surface area contributed by atoms with Gasteiger partial charge >= 0.3 is 5.97 Å². The third-order valence-corrected chi connectivity index (χ3v) is 2.89. The summed E-state index contributed by atoms with van der Waals surface area (Å²) in [6.45, 7) is 3.83. The summed E-state index contributed by atoms with van der Waals surface area (Å²) in [4.78, 5) is 15.1. The van der Waals surface area contributed by atoms with Crippen LogP contribution >= 0.6 is 24.0 Å². The van der Waals surface area contributed by atoms with E-state index in [4.69, 9.17) is 5.73 Å². The third-order valence-electron chi connectivity index (χ3n) is 2.89. The van der Waals surface area contributed by atoms with Crippen LogP contribution < -0.4 is 11.1 Å². The number of carbonyl (C=O) groups excluding carboxylic acids is 1. The molecule has 0 radical (unpaired) electrons.